The molecule has 1 aliphatic carbocycles. The molecule has 0 bridgehead atoms. The largest absolute Gasteiger partial charge is 0.504 e. The molecular weight excluding hydrogens is 448 g/mol. The Balaban J connectivity index is 2.04. The van der Waals surface area contributed by atoms with Crippen LogP contribution in [0.25, 0.3) is 28.3 Å². The average molecular weight is 464 g/mol. The Hall–Kier alpha value is -5.13. The number of aromatic carboxylic acids is 1. The molecule has 0 aliphatic heterocycles. The molecule has 3 aromatic rings. The van der Waals surface area contributed by atoms with E-state index in [-0.39, 0.29) is 45.0 Å². The van der Waals surface area contributed by atoms with Gasteiger partial charge in [0.15, 0.2) is 23.0 Å². The molecule has 9 N–H and O–H groups in total. The van der Waals surface area contributed by atoms with E-state index < -0.39 is 51.9 Å². The highest BCUT2D eigenvalue weighted by molar-refractivity contribution is 6.51. The fourth-order valence-electron chi connectivity index (χ4n) is 3.65. The number of carboxylic acid groups (broad SMARTS) is 1. The first kappa shape index (κ1) is 22.1. The molecule has 4 rings (SSSR count). The van der Waals surface area contributed by atoms with E-state index in [2.05, 4.69) is 9.97 Å². The smallest absolute Gasteiger partial charge is 0.354 e. The summed E-state index contributed by atoms with van der Waals surface area (Å²) in [6.07, 6.45) is 0. The summed E-state index contributed by atoms with van der Waals surface area (Å²) < 4.78 is 0. The lowest BCUT2D eigenvalue weighted by Gasteiger charge is -2.19. The van der Waals surface area contributed by atoms with Crippen molar-refractivity contribution in [3.05, 3.63) is 52.5 Å². The molecular formula is C22H16N4O8. The van der Waals surface area contributed by atoms with E-state index in [1.165, 1.54) is 25.1 Å². The number of carboxylic acids is 1. The van der Waals surface area contributed by atoms with Crippen LogP contribution in [0.4, 0.5) is 5.69 Å². The number of benzene rings is 1. The molecule has 0 saturated heterocycles. The maximum absolute atomic E-state index is 12.2. The average Bonchev–Trinajstić information content (AvgIpc) is 2.80. The molecule has 12 nitrogen and oxygen atoms in total. The number of aliphatic hydroxyl groups excluding tert-OH is 1. The number of phenols is 3. The van der Waals surface area contributed by atoms with Crippen LogP contribution < -0.4 is 11.5 Å². The maximum atomic E-state index is 12.2. The van der Waals surface area contributed by atoms with Crippen molar-refractivity contribution in [2.45, 2.75) is 6.92 Å². The number of aromatic hydroxyl groups is 3. The first-order valence-electron chi connectivity index (χ1n) is 9.52. The third-order valence-corrected chi connectivity index (χ3v) is 5.39. The molecule has 0 fully saturated rings. The van der Waals surface area contributed by atoms with E-state index in [0.29, 0.717) is 0 Å². The Labute approximate surface area is 190 Å². The molecule has 0 unspecified atom stereocenters. The number of nitrogens with zero attached hydrogens (tertiary/aromatic N) is 2. The first-order valence-corrected chi connectivity index (χ1v) is 9.52. The minimum Gasteiger partial charge on any atom is -0.504 e. The normalized spacial score (nSPS) is 13.2. The second-order valence-electron chi connectivity index (χ2n) is 7.37. The second kappa shape index (κ2) is 7.48. The number of hydrogen-bond donors (Lipinski definition) is 7. The minimum absolute atomic E-state index is 0.0137. The number of pyridine rings is 2. The van der Waals surface area contributed by atoms with Crippen molar-refractivity contribution in [2.75, 3.05) is 5.73 Å². The van der Waals surface area contributed by atoms with Crippen LogP contribution in [0.3, 0.4) is 0 Å². The summed E-state index contributed by atoms with van der Waals surface area (Å²) in [4.78, 5) is 44.2. The number of nitrogen functional groups attached to an aromatic ring is 1. The molecule has 2 aromatic heterocycles. The van der Waals surface area contributed by atoms with Crippen molar-refractivity contribution in [3.8, 4) is 39.8 Å². The van der Waals surface area contributed by atoms with Gasteiger partial charge < -0.3 is 37.0 Å². The molecule has 34 heavy (non-hydrogen) atoms. The number of aliphatic hydroxyl groups is 1. The van der Waals surface area contributed by atoms with Crippen LogP contribution in [0.2, 0.25) is 0 Å². The van der Waals surface area contributed by atoms with Gasteiger partial charge in [0.2, 0.25) is 11.5 Å². The number of hydrogen-bond acceptors (Lipinski definition) is 11. The highest BCUT2D eigenvalue weighted by Gasteiger charge is 2.33. The summed E-state index contributed by atoms with van der Waals surface area (Å²) in [6.45, 7) is 1.38. The van der Waals surface area contributed by atoms with Gasteiger partial charge >= 0.3 is 5.97 Å². The Bertz CT molecular complexity index is 1490. The summed E-state index contributed by atoms with van der Waals surface area (Å²) in [7, 11) is 0. The molecule has 0 spiro atoms. The number of Topliss-reactive ketones (excluding diaryl/α,β-unsaturated/α-hetero) is 2. The van der Waals surface area contributed by atoms with Crippen LogP contribution >= 0.6 is 0 Å². The highest BCUT2D eigenvalue weighted by Crippen LogP contribution is 2.46. The monoisotopic (exact) mass is 464 g/mol. The zero-order valence-electron chi connectivity index (χ0n) is 17.3. The molecule has 0 saturated carbocycles. The van der Waals surface area contributed by atoms with Gasteiger partial charge in [0.05, 0.1) is 16.9 Å². The second-order valence-corrected chi connectivity index (χ2v) is 7.37. The van der Waals surface area contributed by atoms with Crippen LogP contribution in [0.1, 0.15) is 32.1 Å². The number of carbonyl (C=O) groups excluding carboxylic acids is 2. The van der Waals surface area contributed by atoms with Crippen LogP contribution in [-0.2, 0) is 4.79 Å². The van der Waals surface area contributed by atoms with E-state index >= 15 is 0 Å². The van der Waals surface area contributed by atoms with E-state index in [1.807, 2.05) is 0 Å². The van der Waals surface area contributed by atoms with E-state index in [4.69, 9.17) is 11.5 Å². The van der Waals surface area contributed by atoms with E-state index in [9.17, 15) is 39.9 Å². The number of allylic oxidation sites excluding steroid dienone is 1. The molecule has 1 aromatic carbocycles. The van der Waals surface area contributed by atoms with Crippen LogP contribution in [-0.4, -0.2) is 53.0 Å². The quantitative estimate of drug-likeness (QED) is 0.216. The van der Waals surface area contributed by atoms with Gasteiger partial charge in [-0.1, -0.05) is 0 Å². The van der Waals surface area contributed by atoms with Crippen molar-refractivity contribution >= 4 is 29.0 Å². The summed E-state index contributed by atoms with van der Waals surface area (Å²) in [6, 6.07) is 4.73. The van der Waals surface area contributed by atoms with Crippen LogP contribution in [0.5, 0.6) is 17.2 Å². The first-order chi connectivity index (χ1) is 16.0. The molecule has 2 heterocycles. The highest BCUT2D eigenvalue weighted by atomic mass is 16.4. The minimum atomic E-state index is -1.44. The number of carbonyl (C=O) groups is 3. The molecule has 172 valence electrons. The number of nitrogens with two attached hydrogens (primary N) is 2. The number of fused-ring (bicyclic) bond motifs is 1. The molecule has 0 radical (unpaired) electrons. The van der Waals surface area contributed by atoms with Gasteiger partial charge in [-0.05, 0) is 36.8 Å². The summed E-state index contributed by atoms with van der Waals surface area (Å²) in [5, 5.41) is 49.9. The van der Waals surface area contributed by atoms with Gasteiger partial charge in [0.25, 0.3) is 5.78 Å². The van der Waals surface area contributed by atoms with Gasteiger partial charge in [-0.3, -0.25) is 9.59 Å². The van der Waals surface area contributed by atoms with E-state index in [1.54, 1.807) is 0 Å². The van der Waals surface area contributed by atoms with Crippen molar-refractivity contribution < 1.29 is 39.9 Å². The molecule has 12 heteroatoms. The topological polar surface area (TPSA) is 230 Å². The lowest BCUT2D eigenvalue weighted by Crippen LogP contribution is -2.29. The third-order valence-electron chi connectivity index (χ3n) is 5.39. The van der Waals surface area contributed by atoms with Crippen LogP contribution in [0, 0.1) is 6.92 Å². The van der Waals surface area contributed by atoms with Crippen molar-refractivity contribution in [3.63, 3.8) is 0 Å². The third kappa shape index (κ3) is 3.04. The van der Waals surface area contributed by atoms with Crippen molar-refractivity contribution in [2.24, 2.45) is 5.73 Å². The van der Waals surface area contributed by atoms with Crippen molar-refractivity contribution in [1.82, 2.24) is 9.97 Å². The molecule has 0 amide bonds. The number of aromatic nitrogens is 2. The Morgan fingerprint density at radius 1 is 0.853 bits per heavy atom. The summed E-state index contributed by atoms with van der Waals surface area (Å²) in [5.41, 5.74) is 9.61. The number of phenolic OH excluding ortho intramolecular Hbond substituents is 3. The summed E-state index contributed by atoms with van der Waals surface area (Å²) in [5.74, 6) is -6.44. The predicted molar refractivity (Wildman–Crippen MR) is 117 cm³/mol. The Morgan fingerprint density at radius 2 is 1.50 bits per heavy atom. The molecule has 1 aliphatic rings. The van der Waals surface area contributed by atoms with Gasteiger partial charge in [0, 0.05) is 11.1 Å². The van der Waals surface area contributed by atoms with Gasteiger partial charge in [-0.25, -0.2) is 14.8 Å². The zero-order chi connectivity index (χ0) is 25.1. The van der Waals surface area contributed by atoms with Gasteiger partial charge in [-0.15, -0.1) is 0 Å². The SMILES string of the molecule is Cc1c(C(=O)O)nc(-c2ccc3c(n2)C(O)=C(N)C(=O)C3=O)c(N)c1-c1ccc(O)c(O)c1O. The Morgan fingerprint density at radius 3 is 2.15 bits per heavy atom. The number of rotatable bonds is 3. The maximum Gasteiger partial charge on any atom is 0.354 e. The van der Waals surface area contributed by atoms with E-state index in [0.717, 1.165) is 6.07 Å². The molecule has 0 atom stereocenters. The van der Waals surface area contributed by atoms with Crippen LogP contribution in [0.15, 0.2) is 30.0 Å². The van der Waals surface area contributed by atoms with Gasteiger partial charge in [-0.2, -0.15) is 0 Å². The van der Waals surface area contributed by atoms with Crippen molar-refractivity contribution in [1.29, 1.82) is 0 Å². The Kier molecular flexibility index (Phi) is 4.86. The summed E-state index contributed by atoms with van der Waals surface area (Å²) >= 11 is 0. The zero-order valence-corrected chi connectivity index (χ0v) is 17.3. The fourth-order valence-corrected chi connectivity index (χ4v) is 3.65. The fraction of sp³-hybridized carbons (Fsp3) is 0.0455. The van der Waals surface area contributed by atoms with Gasteiger partial charge in [0.1, 0.15) is 17.1 Å². The lowest BCUT2D eigenvalue weighted by molar-refractivity contribution is -0.112. The lowest BCUT2D eigenvalue weighted by atomic mass is 9.93. The predicted octanol–water partition coefficient (Wildman–Crippen LogP) is 1.47. The number of ketones is 2. The standard InChI is InChI=1S/C22H16N4O8/c1-6-11(7-3-5-10(27)19(30)17(7)28)12(23)16(26-14(6)22(33)34)9-4-2-8-15(25-9)20(31)13(24)21(32)18(8)29/h2-5,27-28,30-31H,23-24H2,1H3,(H,33,34). The number of anilines is 1.